The predicted molar refractivity (Wildman–Crippen MR) is 79.7 cm³/mol. The Hall–Kier alpha value is -0.950. The fraction of sp³-hybridized carbons (Fsp3) is 0.500. The summed E-state index contributed by atoms with van der Waals surface area (Å²) < 4.78 is 10.7. The van der Waals surface area contributed by atoms with Crippen LogP contribution >= 0.6 is 15.9 Å². The molecule has 0 saturated carbocycles. The number of benzene rings is 1. The summed E-state index contributed by atoms with van der Waals surface area (Å²) in [5, 5.41) is 11.8. The highest BCUT2D eigenvalue weighted by Crippen LogP contribution is 2.19. The number of rotatable bonds is 9. The Kier molecular flexibility index (Phi) is 8.45. The summed E-state index contributed by atoms with van der Waals surface area (Å²) in [6, 6.07) is 5.40. The van der Waals surface area contributed by atoms with Crippen molar-refractivity contribution in [2.45, 2.75) is 13.0 Å². The SMILES string of the molecule is COC(=O)c1ccc(CNCCCOCCO)c(Br)c1. The number of aliphatic hydroxyl groups is 1. The van der Waals surface area contributed by atoms with Crippen LogP contribution in [0, 0.1) is 0 Å². The smallest absolute Gasteiger partial charge is 0.337 e. The first-order valence-corrected chi connectivity index (χ1v) is 7.24. The minimum absolute atomic E-state index is 0.0624. The number of hydrogen-bond acceptors (Lipinski definition) is 5. The van der Waals surface area contributed by atoms with Crippen LogP contribution in [-0.2, 0) is 16.0 Å². The van der Waals surface area contributed by atoms with E-state index in [4.69, 9.17) is 9.84 Å². The molecule has 0 aliphatic carbocycles. The van der Waals surface area contributed by atoms with Crippen molar-refractivity contribution >= 4 is 21.9 Å². The Balaban J connectivity index is 2.32. The maximum atomic E-state index is 11.4. The van der Waals surface area contributed by atoms with Gasteiger partial charge in [-0.15, -0.1) is 0 Å². The summed E-state index contributed by atoms with van der Waals surface area (Å²) in [5.41, 5.74) is 1.61. The molecule has 112 valence electrons. The van der Waals surface area contributed by atoms with Crippen LogP contribution in [0.1, 0.15) is 22.3 Å². The highest BCUT2D eigenvalue weighted by Gasteiger charge is 2.08. The summed E-state index contributed by atoms with van der Waals surface area (Å²) in [4.78, 5) is 11.4. The Morgan fingerprint density at radius 1 is 1.40 bits per heavy atom. The highest BCUT2D eigenvalue weighted by atomic mass is 79.9. The van der Waals surface area contributed by atoms with Crippen LogP contribution in [-0.4, -0.2) is 44.6 Å². The molecule has 0 aromatic heterocycles. The van der Waals surface area contributed by atoms with Gasteiger partial charge in [-0.2, -0.15) is 0 Å². The highest BCUT2D eigenvalue weighted by molar-refractivity contribution is 9.10. The summed E-state index contributed by atoms with van der Waals surface area (Å²) in [6.07, 6.45) is 0.887. The topological polar surface area (TPSA) is 67.8 Å². The quantitative estimate of drug-likeness (QED) is 0.527. The third kappa shape index (κ3) is 6.00. The molecular formula is C14H20BrNO4. The van der Waals surface area contributed by atoms with Gasteiger partial charge < -0.3 is 19.9 Å². The van der Waals surface area contributed by atoms with Crippen molar-refractivity contribution in [2.75, 3.05) is 33.5 Å². The number of carbonyl (C=O) groups excluding carboxylic acids is 1. The third-order valence-corrected chi connectivity index (χ3v) is 3.41. The monoisotopic (exact) mass is 345 g/mol. The first kappa shape index (κ1) is 17.1. The zero-order valence-electron chi connectivity index (χ0n) is 11.5. The number of halogens is 1. The molecule has 0 aliphatic heterocycles. The molecule has 0 fully saturated rings. The van der Waals surface area contributed by atoms with Crippen molar-refractivity contribution in [3.63, 3.8) is 0 Å². The Morgan fingerprint density at radius 3 is 2.85 bits per heavy atom. The molecule has 1 aromatic rings. The van der Waals surface area contributed by atoms with Gasteiger partial charge >= 0.3 is 5.97 Å². The molecule has 0 spiro atoms. The molecule has 0 saturated heterocycles. The summed E-state index contributed by atoms with van der Waals surface area (Å²) in [5.74, 6) is -0.341. The van der Waals surface area contributed by atoms with Gasteiger partial charge in [-0.05, 0) is 30.7 Å². The minimum Gasteiger partial charge on any atom is -0.465 e. The standard InChI is InChI=1S/C14H20BrNO4/c1-19-14(18)11-3-4-12(13(15)9-11)10-16-5-2-7-20-8-6-17/h3-4,9,16-17H,2,5-8,10H2,1H3. The van der Waals surface area contributed by atoms with Gasteiger partial charge in [0.15, 0.2) is 0 Å². The van der Waals surface area contributed by atoms with Gasteiger partial charge in [0.1, 0.15) is 0 Å². The number of ether oxygens (including phenoxy) is 2. The van der Waals surface area contributed by atoms with Crippen LogP contribution < -0.4 is 5.32 Å². The number of esters is 1. The van der Waals surface area contributed by atoms with Crippen molar-refractivity contribution < 1.29 is 19.4 Å². The van der Waals surface area contributed by atoms with E-state index in [-0.39, 0.29) is 12.6 Å². The lowest BCUT2D eigenvalue weighted by atomic mass is 10.1. The van der Waals surface area contributed by atoms with Crippen molar-refractivity contribution in [3.05, 3.63) is 33.8 Å². The van der Waals surface area contributed by atoms with Crippen molar-refractivity contribution in [1.82, 2.24) is 5.32 Å². The van der Waals surface area contributed by atoms with Crippen LogP contribution in [0.25, 0.3) is 0 Å². The summed E-state index contributed by atoms with van der Waals surface area (Å²) in [7, 11) is 1.37. The average Bonchev–Trinajstić information content (AvgIpc) is 2.46. The molecule has 20 heavy (non-hydrogen) atoms. The second-order valence-electron chi connectivity index (χ2n) is 4.16. The van der Waals surface area contributed by atoms with Gasteiger partial charge in [0.25, 0.3) is 0 Å². The summed E-state index contributed by atoms with van der Waals surface area (Å²) in [6.45, 7) is 2.63. The average molecular weight is 346 g/mol. The van der Waals surface area contributed by atoms with E-state index in [1.54, 1.807) is 12.1 Å². The first-order valence-electron chi connectivity index (χ1n) is 6.45. The molecule has 0 heterocycles. The van der Waals surface area contributed by atoms with E-state index in [0.717, 1.165) is 23.0 Å². The van der Waals surface area contributed by atoms with Crippen LogP contribution in [0.4, 0.5) is 0 Å². The van der Waals surface area contributed by atoms with Gasteiger partial charge in [-0.3, -0.25) is 0 Å². The summed E-state index contributed by atoms with van der Waals surface area (Å²) >= 11 is 3.45. The molecule has 0 aliphatic rings. The molecule has 0 radical (unpaired) electrons. The molecular weight excluding hydrogens is 326 g/mol. The molecule has 1 aromatic carbocycles. The van der Waals surface area contributed by atoms with Crippen molar-refractivity contribution in [3.8, 4) is 0 Å². The van der Waals surface area contributed by atoms with E-state index >= 15 is 0 Å². The third-order valence-electron chi connectivity index (χ3n) is 2.67. The molecule has 0 atom stereocenters. The van der Waals surface area contributed by atoms with Gasteiger partial charge in [-0.25, -0.2) is 4.79 Å². The molecule has 2 N–H and O–H groups in total. The van der Waals surface area contributed by atoms with E-state index in [2.05, 4.69) is 26.0 Å². The van der Waals surface area contributed by atoms with E-state index in [1.165, 1.54) is 7.11 Å². The van der Waals surface area contributed by atoms with Crippen LogP contribution in [0.2, 0.25) is 0 Å². The van der Waals surface area contributed by atoms with Crippen LogP contribution in [0.15, 0.2) is 22.7 Å². The zero-order valence-corrected chi connectivity index (χ0v) is 13.1. The fourth-order valence-electron chi connectivity index (χ4n) is 1.62. The molecule has 5 nitrogen and oxygen atoms in total. The van der Waals surface area contributed by atoms with Crippen molar-refractivity contribution in [1.29, 1.82) is 0 Å². The maximum absolute atomic E-state index is 11.4. The lowest BCUT2D eigenvalue weighted by Gasteiger charge is -2.08. The number of hydrogen-bond donors (Lipinski definition) is 2. The molecule has 0 bridgehead atoms. The van der Waals surface area contributed by atoms with E-state index in [0.29, 0.717) is 25.3 Å². The van der Waals surface area contributed by atoms with Gasteiger partial charge in [-0.1, -0.05) is 22.0 Å². The van der Waals surface area contributed by atoms with Crippen molar-refractivity contribution in [2.24, 2.45) is 0 Å². The van der Waals surface area contributed by atoms with E-state index < -0.39 is 0 Å². The second kappa shape index (κ2) is 9.88. The van der Waals surface area contributed by atoms with Gasteiger partial charge in [0, 0.05) is 17.6 Å². The van der Waals surface area contributed by atoms with Crippen LogP contribution in [0.3, 0.4) is 0 Å². The second-order valence-corrected chi connectivity index (χ2v) is 5.02. The van der Waals surface area contributed by atoms with Crippen LogP contribution in [0.5, 0.6) is 0 Å². The van der Waals surface area contributed by atoms with Gasteiger partial charge in [0.2, 0.25) is 0 Å². The maximum Gasteiger partial charge on any atom is 0.337 e. The normalized spacial score (nSPS) is 10.6. The number of aliphatic hydroxyl groups excluding tert-OH is 1. The molecule has 6 heteroatoms. The zero-order chi connectivity index (χ0) is 14.8. The lowest BCUT2D eigenvalue weighted by Crippen LogP contribution is -2.17. The lowest BCUT2D eigenvalue weighted by molar-refractivity contribution is 0.0600. The minimum atomic E-state index is -0.341. The van der Waals surface area contributed by atoms with E-state index in [9.17, 15) is 4.79 Å². The Morgan fingerprint density at radius 2 is 2.20 bits per heavy atom. The Bertz CT molecular complexity index is 426. The molecule has 1 rings (SSSR count). The first-order chi connectivity index (χ1) is 9.69. The fourth-order valence-corrected chi connectivity index (χ4v) is 2.14. The van der Waals surface area contributed by atoms with E-state index in [1.807, 2.05) is 6.07 Å². The number of nitrogens with one attached hydrogen (secondary N) is 1. The predicted octanol–water partition coefficient (Wildman–Crippen LogP) is 1.72. The Labute approximate surface area is 127 Å². The van der Waals surface area contributed by atoms with Gasteiger partial charge in [0.05, 0.1) is 25.9 Å². The number of methoxy groups -OCH3 is 1. The largest absolute Gasteiger partial charge is 0.465 e. The molecule has 0 amide bonds. The number of carbonyl (C=O) groups is 1. The molecule has 0 unspecified atom stereocenters.